The Morgan fingerprint density at radius 3 is 2.30 bits per heavy atom. The molecule has 0 fully saturated rings. The molecule has 0 aromatic heterocycles. The van der Waals surface area contributed by atoms with Gasteiger partial charge in [0.2, 0.25) is 5.63 Å². The zero-order valence-electron chi connectivity index (χ0n) is 4.91. The summed E-state index contributed by atoms with van der Waals surface area (Å²) in [5.41, 5.74) is -2.61. The van der Waals surface area contributed by atoms with Crippen molar-refractivity contribution in [3.05, 3.63) is 0 Å². The first kappa shape index (κ1) is 9.91. The SMILES string of the molecule is COC(=O)[C@@](F)(Cl)[C@H](F)Cl. The fourth-order valence-electron chi connectivity index (χ4n) is 0.225. The monoisotopic (exact) mass is 192 g/mol. The quantitative estimate of drug-likeness (QED) is 0.491. The molecule has 0 aromatic rings. The van der Waals surface area contributed by atoms with Crippen LogP contribution in [0.25, 0.3) is 0 Å². The smallest absolute Gasteiger partial charge is 0.364 e. The highest BCUT2D eigenvalue weighted by atomic mass is 35.5. The summed E-state index contributed by atoms with van der Waals surface area (Å²) in [5.74, 6) is -1.54. The number of esters is 1. The van der Waals surface area contributed by atoms with Crippen molar-refractivity contribution >= 4 is 29.2 Å². The topological polar surface area (TPSA) is 26.3 Å². The van der Waals surface area contributed by atoms with Crippen LogP contribution in [-0.4, -0.2) is 23.8 Å². The summed E-state index contributed by atoms with van der Waals surface area (Å²) >= 11 is 9.24. The maximum Gasteiger partial charge on any atom is 0.364 e. The van der Waals surface area contributed by atoms with E-state index in [4.69, 9.17) is 0 Å². The van der Waals surface area contributed by atoms with E-state index in [1.54, 1.807) is 0 Å². The predicted molar refractivity (Wildman–Crippen MR) is 32.5 cm³/mol. The summed E-state index contributed by atoms with van der Waals surface area (Å²) < 4.78 is 28.1. The molecule has 0 bridgehead atoms. The molecule has 0 heterocycles. The van der Waals surface area contributed by atoms with Gasteiger partial charge in [0.15, 0.2) is 0 Å². The number of methoxy groups -OCH3 is 1. The van der Waals surface area contributed by atoms with Gasteiger partial charge in [0.25, 0.3) is 0 Å². The van der Waals surface area contributed by atoms with Crippen LogP contribution >= 0.6 is 23.2 Å². The number of hydrogen-bond donors (Lipinski definition) is 0. The van der Waals surface area contributed by atoms with E-state index in [-0.39, 0.29) is 0 Å². The average molecular weight is 193 g/mol. The molecule has 10 heavy (non-hydrogen) atoms. The van der Waals surface area contributed by atoms with Crippen LogP contribution in [-0.2, 0) is 9.53 Å². The summed E-state index contributed by atoms with van der Waals surface area (Å²) in [6.45, 7) is 0. The van der Waals surface area contributed by atoms with E-state index in [9.17, 15) is 13.6 Å². The van der Waals surface area contributed by atoms with Gasteiger partial charge in [-0.1, -0.05) is 23.2 Å². The second-order valence-electron chi connectivity index (χ2n) is 1.42. The molecule has 0 aliphatic carbocycles. The molecule has 0 unspecified atom stereocenters. The summed E-state index contributed by atoms with van der Waals surface area (Å²) in [7, 11) is 0.873. The molecule has 0 saturated heterocycles. The first-order valence-corrected chi connectivity index (χ1v) is 2.98. The zero-order chi connectivity index (χ0) is 8.36. The number of ether oxygens (including phenoxy) is 1. The largest absolute Gasteiger partial charge is 0.466 e. The Bertz CT molecular complexity index is 137. The van der Waals surface area contributed by atoms with Crippen LogP contribution in [0.5, 0.6) is 0 Å². The van der Waals surface area contributed by atoms with Gasteiger partial charge in [-0.05, 0) is 0 Å². The predicted octanol–water partition coefficient (Wildman–Crippen LogP) is 1.60. The molecular formula is C4H4Cl2F2O2. The third-order valence-corrected chi connectivity index (χ3v) is 1.49. The van der Waals surface area contributed by atoms with Crippen molar-refractivity contribution in [3.63, 3.8) is 0 Å². The number of alkyl halides is 4. The Kier molecular flexibility index (Phi) is 3.31. The third kappa shape index (κ3) is 1.95. The Hall–Kier alpha value is -0.0900. The number of hydrogen-bond acceptors (Lipinski definition) is 2. The number of carbonyl (C=O) groups excluding carboxylic acids is 1. The molecule has 0 amide bonds. The molecule has 60 valence electrons. The first-order valence-electron chi connectivity index (χ1n) is 2.17. The molecular weight excluding hydrogens is 189 g/mol. The minimum Gasteiger partial charge on any atom is -0.466 e. The van der Waals surface area contributed by atoms with E-state index in [1.807, 2.05) is 0 Å². The average Bonchev–Trinajstić information content (AvgIpc) is 1.86. The van der Waals surface area contributed by atoms with Gasteiger partial charge in [-0.3, -0.25) is 0 Å². The van der Waals surface area contributed by atoms with Crippen molar-refractivity contribution in [2.24, 2.45) is 0 Å². The lowest BCUT2D eigenvalue weighted by Crippen LogP contribution is -2.35. The molecule has 0 aliphatic heterocycles. The van der Waals surface area contributed by atoms with Crippen LogP contribution in [0.2, 0.25) is 0 Å². The van der Waals surface area contributed by atoms with Crippen LogP contribution in [0.15, 0.2) is 0 Å². The second kappa shape index (κ2) is 3.34. The normalized spacial score (nSPS) is 19.3. The van der Waals surface area contributed by atoms with Gasteiger partial charge in [-0.15, -0.1) is 0 Å². The molecule has 0 N–H and O–H groups in total. The van der Waals surface area contributed by atoms with E-state index in [1.165, 1.54) is 0 Å². The van der Waals surface area contributed by atoms with Gasteiger partial charge in [-0.25, -0.2) is 13.6 Å². The molecule has 2 atom stereocenters. The van der Waals surface area contributed by atoms with Crippen LogP contribution in [0.1, 0.15) is 0 Å². The highest BCUT2D eigenvalue weighted by Gasteiger charge is 2.46. The van der Waals surface area contributed by atoms with Crippen LogP contribution in [0.3, 0.4) is 0 Å². The van der Waals surface area contributed by atoms with E-state index in [0.29, 0.717) is 0 Å². The van der Waals surface area contributed by atoms with Gasteiger partial charge in [0.05, 0.1) is 7.11 Å². The van der Waals surface area contributed by atoms with Crippen molar-refractivity contribution in [3.8, 4) is 0 Å². The maximum absolute atomic E-state index is 12.4. The Balaban J connectivity index is 4.24. The molecule has 2 nitrogen and oxygen atoms in total. The van der Waals surface area contributed by atoms with Gasteiger partial charge in [0.1, 0.15) is 0 Å². The highest BCUT2D eigenvalue weighted by molar-refractivity contribution is 6.38. The van der Waals surface area contributed by atoms with Crippen molar-refractivity contribution in [1.82, 2.24) is 0 Å². The molecule has 0 radical (unpaired) electrons. The summed E-state index contributed by atoms with van der Waals surface area (Å²) in [5, 5.41) is -3.28. The fourth-order valence-corrected chi connectivity index (χ4v) is 0.391. The summed E-state index contributed by atoms with van der Waals surface area (Å²) in [6, 6.07) is 0. The Morgan fingerprint density at radius 2 is 2.20 bits per heavy atom. The van der Waals surface area contributed by atoms with E-state index >= 15 is 0 Å². The summed E-state index contributed by atoms with van der Waals surface area (Å²) in [6.07, 6.45) is 0. The number of rotatable bonds is 2. The molecule has 0 aromatic carbocycles. The Labute approximate surface area is 66.0 Å². The van der Waals surface area contributed by atoms with Gasteiger partial charge >= 0.3 is 11.1 Å². The fraction of sp³-hybridized carbons (Fsp3) is 0.750. The van der Waals surface area contributed by atoms with Crippen LogP contribution in [0.4, 0.5) is 8.78 Å². The molecule has 0 saturated carbocycles. The van der Waals surface area contributed by atoms with Crippen molar-refractivity contribution < 1.29 is 18.3 Å². The molecule has 0 spiro atoms. The molecule has 0 rings (SSSR count). The molecule has 0 aliphatic rings. The van der Waals surface area contributed by atoms with Gasteiger partial charge in [0, 0.05) is 0 Å². The first-order chi connectivity index (χ1) is 4.42. The van der Waals surface area contributed by atoms with E-state index < -0.39 is 16.7 Å². The highest BCUT2D eigenvalue weighted by Crippen LogP contribution is 2.28. The summed E-state index contributed by atoms with van der Waals surface area (Å²) in [4.78, 5) is 10.2. The van der Waals surface area contributed by atoms with Crippen molar-refractivity contribution in [1.29, 1.82) is 0 Å². The van der Waals surface area contributed by atoms with Crippen LogP contribution in [0, 0.1) is 0 Å². The minimum absolute atomic E-state index is 0.873. The van der Waals surface area contributed by atoms with Crippen LogP contribution < -0.4 is 0 Å². The van der Waals surface area contributed by atoms with Crippen molar-refractivity contribution in [2.75, 3.05) is 7.11 Å². The van der Waals surface area contributed by atoms with E-state index in [2.05, 4.69) is 27.9 Å². The third-order valence-electron chi connectivity index (χ3n) is 0.732. The second-order valence-corrected chi connectivity index (χ2v) is 2.35. The van der Waals surface area contributed by atoms with E-state index in [0.717, 1.165) is 7.11 Å². The maximum atomic E-state index is 12.4. The number of carbonyl (C=O) groups is 1. The van der Waals surface area contributed by atoms with Crippen molar-refractivity contribution in [2.45, 2.75) is 10.8 Å². The number of halogens is 4. The van der Waals surface area contributed by atoms with Gasteiger partial charge in [-0.2, -0.15) is 0 Å². The lowest BCUT2D eigenvalue weighted by atomic mass is 10.4. The minimum atomic E-state index is -3.28. The standard InChI is InChI=1S/C4H4Cl2F2O2/c1-10-3(9)4(6,8)2(5)7/h2H,1H3/t2-,4+/m0/s1. The molecule has 6 heteroatoms. The lowest BCUT2D eigenvalue weighted by molar-refractivity contribution is -0.150. The Morgan fingerprint density at radius 1 is 1.80 bits per heavy atom. The van der Waals surface area contributed by atoms with Gasteiger partial charge < -0.3 is 4.74 Å². The zero-order valence-corrected chi connectivity index (χ0v) is 6.42. The lowest BCUT2D eigenvalue weighted by Gasteiger charge is -2.13.